The van der Waals surface area contributed by atoms with E-state index in [9.17, 15) is 4.79 Å². The van der Waals surface area contributed by atoms with Crippen LogP contribution >= 0.6 is 11.8 Å². The Hall–Kier alpha value is -1.16. The predicted octanol–water partition coefficient (Wildman–Crippen LogP) is 3.59. The van der Waals surface area contributed by atoms with Crippen LogP contribution in [0.25, 0.3) is 0 Å². The second-order valence-corrected chi connectivity index (χ2v) is 6.45. The SMILES string of the molecule is CC(C)C(=O)Nc1ccccc1NC1CCSCC1. The van der Waals surface area contributed by atoms with Gasteiger partial charge in [0.15, 0.2) is 0 Å². The first-order chi connectivity index (χ1) is 9.16. The first kappa shape index (κ1) is 14.3. The van der Waals surface area contributed by atoms with Crippen molar-refractivity contribution in [2.45, 2.75) is 32.7 Å². The van der Waals surface area contributed by atoms with Crippen molar-refractivity contribution in [1.82, 2.24) is 0 Å². The van der Waals surface area contributed by atoms with Gasteiger partial charge in [-0.05, 0) is 36.5 Å². The number of amides is 1. The first-order valence-corrected chi connectivity index (χ1v) is 8.06. The summed E-state index contributed by atoms with van der Waals surface area (Å²) in [5, 5.41) is 6.56. The molecule has 0 radical (unpaired) electrons. The molecule has 0 aliphatic carbocycles. The minimum absolute atomic E-state index is 0.000799. The summed E-state index contributed by atoms with van der Waals surface area (Å²) in [6.45, 7) is 3.81. The monoisotopic (exact) mass is 278 g/mol. The second kappa shape index (κ2) is 6.85. The lowest BCUT2D eigenvalue weighted by molar-refractivity contribution is -0.118. The summed E-state index contributed by atoms with van der Waals surface area (Å²) in [7, 11) is 0. The van der Waals surface area contributed by atoms with Gasteiger partial charge in [-0.1, -0.05) is 26.0 Å². The number of carbonyl (C=O) groups is 1. The molecule has 0 saturated carbocycles. The van der Waals surface area contributed by atoms with Crippen molar-refractivity contribution >= 4 is 29.0 Å². The van der Waals surface area contributed by atoms with Gasteiger partial charge in [-0.25, -0.2) is 0 Å². The summed E-state index contributed by atoms with van der Waals surface area (Å²) >= 11 is 2.02. The lowest BCUT2D eigenvalue weighted by Crippen LogP contribution is -2.26. The molecule has 4 heteroatoms. The maximum absolute atomic E-state index is 11.8. The van der Waals surface area contributed by atoms with Crippen LogP contribution in [0, 0.1) is 5.92 Å². The number of benzene rings is 1. The molecule has 19 heavy (non-hydrogen) atoms. The van der Waals surface area contributed by atoms with Crippen LogP contribution in [0.5, 0.6) is 0 Å². The van der Waals surface area contributed by atoms with E-state index in [0.29, 0.717) is 6.04 Å². The molecule has 0 spiro atoms. The highest BCUT2D eigenvalue weighted by molar-refractivity contribution is 7.99. The van der Waals surface area contributed by atoms with Gasteiger partial charge in [-0.15, -0.1) is 0 Å². The van der Waals surface area contributed by atoms with E-state index in [2.05, 4.69) is 10.6 Å². The van der Waals surface area contributed by atoms with Gasteiger partial charge in [0.2, 0.25) is 5.91 Å². The fraction of sp³-hybridized carbons (Fsp3) is 0.533. The van der Waals surface area contributed by atoms with E-state index < -0.39 is 0 Å². The third kappa shape index (κ3) is 4.16. The minimum atomic E-state index is -0.000799. The van der Waals surface area contributed by atoms with Gasteiger partial charge in [0, 0.05) is 12.0 Å². The van der Waals surface area contributed by atoms with Gasteiger partial charge in [0.05, 0.1) is 11.4 Å². The Morgan fingerprint density at radius 2 is 1.84 bits per heavy atom. The topological polar surface area (TPSA) is 41.1 Å². The molecule has 1 fully saturated rings. The highest BCUT2D eigenvalue weighted by atomic mass is 32.2. The van der Waals surface area contributed by atoms with Crippen molar-refractivity contribution in [3.8, 4) is 0 Å². The summed E-state index contributed by atoms with van der Waals surface area (Å²) in [6.07, 6.45) is 2.38. The van der Waals surface area contributed by atoms with Crippen LogP contribution in [0.1, 0.15) is 26.7 Å². The standard InChI is InChI=1S/C15H22N2OS/c1-11(2)15(18)17-14-6-4-3-5-13(14)16-12-7-9-19-10-8-12/h3-6,11-12,16H,7-10H2,1-2H3,(H,17,18). The van der Waals surface area contributed by atoms with Gasteiger partial charge < -0.3 is 10.6 Å². The lowest BCUT2D eigenvalue weighted by Gasteiger charge is -2.25. The maximum Gasteiger partial charge on any atom is 0.226 e. The fourth-order valence-electron chi connectivity index (χ4n) is 2.06. The lowest BCUT2D eigenvalue weighted by atomic mass is 10.1. The summed E-state index contributed by atoms with van der Waals surface area (Å²) in [4.78, 5) is 11.8. The molecule has 3 nitrogen and oxygen atoms in total. The Kier molecular flexibility index (Phi) is 5.14. The van der Waals surface area contributed by atoms with E-state index in [1.54, 1.807) is 0 Å². The summed E-state index contributed by atoms with van der Waals surface area (Å²) < 4.78 is 0. The van der Waals surface area contributed by atoms with Crippen molar-refractivity contribution < 1.29 is 4.79 Å². The Balaban J connectivity index is 2.05. The average Bonchev–Trinajstić information content (AvgIpc) is 2.42. The molecule has 0 atom stereocenters. The number of carbonyl (C=O) groups excluding carboxylic acids is 1. The highest BCUT2D eigenvalue weighted by Gasteiger charge is 2.15. The van der Waals surface area contributed by atoms with Crippen molar-refractivity contribution in [3.63, 3.8) is 0 Å². The first-order valence-electron chi connectivity index (χ1n) is 6.91. The fourth-order valence-corrected chi connectivity index (χ4v) is 3.16. The van der Waals surface area contributed by atoms with Crippen LogP contribution in [0.15, 0.2) is 24.3 Å². The van der Waals surface area contributed by atoms with Crippen molar-refractivity contribution in [3.05, 3.63) is 24.3 Å². The van der Waals surface area contributed by atoms with E-state index >= 15 is 0 Å². The van der Waals surface area contributed by atoms with Crippen LogP contribution in [-0.4, -0.2) is 23.5 Å². The van der Waals surface area contributed by atoms with Gasteiger partial charge in [-0.3, -0.25) is 4.79 Å². The highest BCUT2D eigenvalue weighted by Crippen LogP contribution is 2.26. The summed E-state index contributed by atoms with van der Waals surface area (Å²) in [5.41, 5.74) is 1.92. The molecule has 1 amide bonds. The van der Waals surface area contributed by atoms with E-state index in [4.69, 9.17) is 0 Å². The summed E-state index contributed by atoms with van der Waals surface area (Å²) in [6, 6.07) is 8.49. The molecule has 0 bridgehead atoms. The Morgan fingerprint density at radius 3 is 2.47 bits per heavy atom. The van der Waals surface area contributed by atoms with Crippen molar-refractivity contribution in [1.29, 1.82) is 0 Å². The molecule has 104 valence electrons. The Bertz CT molecular complexity index is 428. The van der Waals surface area contributed by atoms with Gasteiger partial charge in [-0.2, -0.15) is 11.8 Å². The molecule has 1 saturated heterocycles. The predicted molar refractivity (Wildman–Crippen MR) is 83.9 cm³/mol. The minimum Gasteiger partial charge on any atom is -0.381 e. The maximum atomic E-state index is 11.8. The average molecular weight is 278 g/mol. The number of anilines is 2. The zero-order valence-corrected chi connectivity index (χ0v) is 12.4. The van der Waals surface area contributed by atoms with E-state index in [0.717, 1.165) is 11.4 Å². The third-order valence-electron chi connectivity index (χ3n) is 3.29. The molecule has 2 rings (SSSR count). The van der Waals surface area contributed by atoms with Crippen LogP contribution in [-0.2, 0) is 4.79 Å². The quantitative estimate of drug-likeness (QED) is 0.884. The molecule has 1 heterocycles. The van der Waals surface area contributed by atoms with E-state index in [-0.39, 0.29) is 11.8 Å². The number of thioether (sulfide) groups is 1. The van der Waals surface area contributed by atoms with Crippen molar-refractivity contribution in [2.24, 2.45) is 5.92 Å². The van der Waals surface area contributed by atoms with Gasteiger partial charge >= 0.3 is 0 Å². The number of hydrogen-bond donors (Lipinski definition) is 2. The van der Waals surface area contributed by atoms with Gasteiger partial charge in [0.1, 0.15) is 0 Å². The molecule has 1 aliphatic rings. The Labute approximate surface area is 119 Å². The van der Waals surface area contributed by atoms with Crippen molar-refractivity contribution in [2.75, 3.05) is 22.1 Å². The van der Waals surface area contributed by atoms with Gasteiger partial charge in [0.25, 0.3) is 0 Å². The number of nitrogens with one attached hydrogen (secondary N) is 2. The van der Waals surface area contributed by atoms with E-state index in [1.807, 2.05) is 49.9 Å². The number of para-hydroxylation sites is 2. The number of hydrogen-bond acceptors (Lipinski definition) is 3. The molecule has 1 aliphatic heterocycles. The third-order valence-corrected chi connectivity index (χ3v) is 4.34. The van der Waals surface area contributed by atoms with E-state index in [1.165, 1.54) is 24.3 Å². The molecule has 0 aromatic heterocycles. The molecule has 1 aromatic carbocycles. The zero-order chi connectivity index (χ0) is 13.7. The summed E-state index contributed by atoms with van der Waals surface area (Å²) in [5.74, 6) is 2.50. The molecular weight excluding hydrogens is 256 g/mol. The molecule has 1 aromatic rings. The normalized spacial score (nSPS) is 16.4. The van der Waals surface area contributed by atoms with Crippen LogP contribution < -0.4 is 10.6 Å². The Morgan fingerprint density at radius 1 is 1.21 bits per heavy atom. The zero-order valence-electron chi connectivity index (χ0n) is 11.6. The number of rotatable bonds is 4. The second-order valence-electron chi connectivity index (χ2n) is 5.22. The largest absolute Gasteiger partial charge is 0.381 e. The molecule has 2 N–H and O–H groups in total. The molecular formula is C15H22N2OS. The smallest absolute Gasteiger partial charge is 0.226 e. The van der Waals surface area contributed by atoms with Crippen LogP contribution in [0.2, 0.25) is 0 Å². The van der Waals surface area contributed by atoms with Crippen LogP contribution in [0.3, 0.4) is 0 Å². The van der Waals surface area contributed by atoms with Crippen LogP contribution in [0.4, 0.5) is 11.4 Å². The molecule has 0 unspecified atom stereocenters.